The molecule has 5 heterocycles. The monoisotopic (exact) mass is 487 g/mol. The number of nitrogens with zero attached hydrogens (tertiary/aromatic N) is 5. The molecule has 8 nitrogen and oxygen atoms in total. The summed E-state index contributed by atoms with van der Waals surface area (Å²) in [7, 11) is 4.19. The van der Waals surface area contributed by atoms with Crippen LogP contribution in [0.3, 0.4) is 0 Å². The average molecular weight is 488 g/mol. The fraction of sp³-hybridized carbons (Fsp3) is 0.333. The predicted molar refractivity (Wildman–Crippen MR) is 139 cm³/mol. The van der Waals surface area contributed by atoms with Gasteiger partial charge in [-0.2, -0.15) is 0 Å². The zero-order chi connectivity index (χ0) is 24.6. The Morgan fingerprint density at radius 3 is 2.81 bits per heavy atom. The van der Waals surface area contributed by atoms with Crippen molar-refractivity contribution in [3.05, 3.63) is 71.9 Å². The fourth-order valence-corrected chi connectivity index (χ4v) is 5.05. The molecule has 9 heteroatoms. The van der Waals surface area contributed by atoms with E-state index < -0.39 is 0 Å². The van der Waals surface area contributed by atoms with E-state index in [4.69, 9.17) is 9.72 Å². The van der Waals surface area contributed by atoms with E-state index in [2.05, 4.69) is 57.7 Å². The van der Waals surface area contributed by atoms with Gasteiger partial charge >= 0.3 is 0 Å². The highest BCUT2D eigenvalue weighted by molar-refractivity contribution is 5.75. The number of rotatable bonds is 5. The summed E-state index contributed by atoms with van der Waals surface area (Å²) in [5.74, 6) is 0.521. The van der Waals surface area contributed by atoms with Crippen molar-refractivity contribution in [2.45, 2.75) is 19.1 Å². The van der Waals surface area contributed by atoms with Gasteiger partial charge < -0.3 is 25.2 Å². The highest BCUT2D eigenvalue weighted by atomic mass is 19.1. The lowest BCUT2D eigenvalue weighted by molar-refractivity contribution is 0.103. The molecule has 0 spiro atoms. The van der Waals surface area contributed by atoms with E-state index in [9.17, 15) is 4.39 Å². The SMILES string of the molecule is CN(C)[C@H]1COCCN(c2ccc(Nc3ccc(-c4cnc5cc(F)ccn45)c4c3CNC4)nc2)C1. The molecule has 1 fully saturated rings. The lowest BCUT2D eigenvalue weighted by Gasteiger charge is -2.28. The molecule has 0 bridgehead atoms. The Balaban J connectivity index is 1.25. The topological polar surface area (TPSA) is 70.0 Å². The Labute approximate surface area is 209 Å². The van der Waals surface area contributed by atoms with Gasteiger partial charge in [-0.05, 0) is 49.5 Å². The van der Waals surface area contributed by atoms with Gasteiger partial charge in [-0.15, -0.1) is 0 Å². The van der Waals surface area contributed by atoms with Crippen LogP contribution in [0.25, 0.3) is 16.9 Å². The number of hydrogen-bond donors (Lipinski definition) is 2. The highest BCUT2D eigenvalue weighted by Gasteiger charge is 2.23. The molecule has 3 aromatic heterocycles. The van der Waals surface area contributed by atoms with E-state index in [1.807, 2.05) is 22.9 Å². The second-order valence-electron chi connectivity index (χ2n) is 9.60. The normalized spacial score (nSPS) is 18.0. The lowest BCUT2D eigenvalue weighted by atomic mass is 9.99. The second kappa shape index (κ2) is 9.50. The first-order valence-electron chi connectivity index (χ1n) is 12.3. The summed E-state index contributed by atoms with van der Waals surface area (Å²) in [4.78, 5) is 13.7. The van der Waals surface area contributed by atoms with Crippen molar-refractivity contribution >= 4 is 22.8 Å². The van der Waals surface area contributed by atoms with E-state index in [0.717, 1.165) is 67.8 Å². The molecule has 4 aromatic rings. The van der Waals surface area contributed by atoms with Crippen molar-refractivity contribution in [2.24, 2.45) is 0 Å². The number of ether oxygens (including phenoxy) is 1. The molecule has 0 amide bonds. The smallest absolute Gasteiger partial charge is 0.140 e. The van der Waals surface area contributed by atoms with Crippen LogP contribution in [0.2, 0.25) is 0 Å². The quantitative estimate of drug-likeness (QED) is 0.445. The van der Waals surface area contributed by atoms with Crippen molar-refractivity contribution in [2.75, 3.05) is 50.6 Å². The summed E-state index contributed by atoms with van der Waals surface area (Å²) in [6.45, 7) is 4.78. The van der Waals surface area contributed by atoms with Crippen LogP contribution in [0.15, 0.2) is 55.0 Å². The summed E-state index contributed by atoms with van der Waals surface area (Å²) in [5.41, 5.74) is 7.23. The standard InChI is InChI=1S/C27H30FN7O/c1-33(2)20-16-34(9-10-36-17-20)19-3-6-26(30-12-19)32-24-5-4-21(22-13-29-14-23(22)24)25-15-31-27-11-18(28)7-8-35(25)27/h3-8,11-12,15,20,29H,9-10,13-14,16-17H2,1-2H3,(H,30,32)/t20-/m1/s1. The summed E-state index contributed by atoms with van der Waals surface area (Å²) in [5, 5.41) is 6.99. The van der Waals surface area contributed by atoms with Gasteiger partial charge in [0.15, 0.2) is 0 Å². The highest BCUT2D eigenvalue weighted by Crippen LogP contribution is 2.35. The number of fused-ring (bicyclic) bond motifs is 2. The minimum absolute atomic E-state index is 0.286. The van der Waals surface area contributed by atoms with Crippen molar-refractivity contribution in [1.29, 1.82) is 0 Å². The van der Waals surface area contributed by atoms with Crippen LogP contribution in [0.4, 0.5) is 21.6 Å². The van der Waals surface area contributed by atoms with Gasteiger partial charge in [0, 0.05) is 55.7 Å². The molecule has 2 N–H and O–H groups in total. The molecule has 36 heavy (non-hydrogen) atoms. The molecule has 6 rings (SSSR count). The number of aromatic nitrogens is 3. The summed E-state index contributed by atoms with van der Waals surface area (Å²) >= 11 is 0. The third kappa shape index (κ3) is 4.30. The first kappa shape index (κ1) is 22.9. The van der Waals surface area contributed by atoms with Gasteiger partial charge in [0.1, 0.15) is 17.3 Å². The number of nitrogens with one attached hydrogen (secondary N) is 2. The molecule has 0 aliphatic carbocycles. The van der Waals surface area contributed by atoms with Gasteiger partial charge in [0.05, 0.1) is 37.0 Å². The molecule has 2 aliphatic heterocycles. The van der Waals surface area contributed by atoms with Crippen LogP contribution in [0.1, 0.15) is 11.1 Å². The number of imidazole rings is 1. The minimum atomic E-state index is -0.286. The van der Waals surface area contributed by atoms with Gasteiger partial charge in [-0.3, -0.25) is 4.40 Å². The van der Waals surface area contributed by atoms with Crippen molar-refractivity contribution in [3.8, 4) is 11.3 Å². The Morgan fingerprint density at radius 2 is 1.97 bits per heavy atom. The van der Waals surface area contributed by atoms with Crippen molar-refractivity contribution in [1.82, 2.24) is 24.6 Å². The second-order valence-corrected chi connectivity index (χ2v) is 9.60. The lowest BCUT2D eigenvalue weighted by Crippen LogP contribution is -2.41. The fourth-order valence-electron chi connectivity index (χ4n) is 5.05. The first-order valence-corrected chi connectivity index (χ1v) is 12.3. The summed E-state index contributed by atoms with van der Waals surface area (Å²) < 4.78 is 21.4. The first-order chi connectivity index (χ1) is 17.6. The molecule has 2 aliphatic rings. The number of hydrogen-bond acceptors (Lipinski definition) is 7. The van der Waals surface area contributed by atoms with Crippen LogP contribution >= 0.6 is 0 Å². The number of halogens is 1. The minimum Gasteiger partial charge on any atom is -0.378 e. The van der Waals surface area contributed by atoms with Gasteiger partial charge in [-0.1, -0.05) is 6.07 Å². The molecule has 1 atom stereocenters. The zero-order valence-corrected chi connectivity index (χ0v) is 20.5. The van der Waals surface area contributed by atoms with Crippen LogP contribution in [-0.4, -0.2) is 65.7 Å². The molecule has 0 unspecified atom stereocenters. The molecular weight excluding hydrogens is 457 g/mol. The van der Waals surface area contributed by atoms with E-state index in [1.54, 1.807) is 6.20 Å². The number of pyridine rings is 2. The van der Waals surface area contributed by atoms with E-state index in [-0.39, 0.29) is 5.82 Å². The average Bonchev–Trinajstić information content (AvgIpc) is 3.45. The Morgan fingerprint density at radius 1 is 1.08 bits per heavy atom. The Hall–Kier alpha value is -3.53. The molecule has 0 radical (unpaired) electrons. The van der Waals surface area contributed by atoms with Gasteiger partial charge in [0.2, 0.25) is 0 Å². The maximum Gasteiger partial charge on any atom is 0.140 e. The largest absolute Gasteiger partial charge is 0.378 e. The maximum atomic E-state index is 13.6. The molecule has 186 valence electrons. The predicted octanol–water partition coefficient (Wildman–Crippen LogP) is 3.65. The van der Waals surface area contributed by atoms with Crippen LogP contribution < -0.4 is 15.5 Å². The molecule has 1 aromatic carbocycles. The third-order valence-electron chi connectivity index (χ3n) is 7.14. The molecule has 1 saturated heterocycles. The number of anilines is 3. The van der Waals surface area contributed by atoms with Crippen LogP contribution in [0, 0.1) is 5.82 Å². The Bertz CT molecular complexity index is 1390. The van der Waals surface area contributed by atoms with E-state index >= 15 is 0 Å². The number of benzene rings is 1. The van der Waals surface area contributed by atoms with E-state index in [0.29, 0.717) is 11.7 Å². The Kier molecular flexibility index (Phi) is 6.04. The number of likely N-dealkylation sites (N-methyl/N-ethyl adjacent to an activating group) is 1. The van der Waals surface area contributed by atoms with E-state index in [1.165, 1.54) is 23.3 Å². The van der Waals surface area contributed by atoms with Gasteiger partial charge in [-0.25, -0.2) is 14.4 Å². The van der Waals surface area contributed by atoms with Crippen LogP contribution in [0.5, 0.6) is 0 Å². The third-order valence-corrected chi connectivity index (χ3v) is 7.14. The maximum absolute atomic E-state index is 13.6. The summed E-state index contributed by atoms with van der Waals surface area (Å²) in [6, 6.07) is 11.6. The van der Waals surface area contributed by atoms with Gasteiger partial charge in [0.25, 0.3) is 0 Å². The molecular formula is C27H30FN7O. The zero-order valence-electron chi connectivity index (χ0n) is 20.5. The van der Waals surface area contributed by atoms with Crippen LogP contribution in [-0.2, 0) is 17.8 Å². The molecule has 0 saturated carbocycles. The summed E-state index contributed by atoms with van der Waals surface area (Å²) in [6.07, 6.45) is 5.48. The van der Waals surface area contributed by atoms with Crippen molar-refractivity contribution in [3.63, 3.8) is 0 Å². The van der Waals surface area contributed by atoms with Crippen molar-refractivity contribution < 1.29 is 9.13 Å².